The molecule has 1 aromatic rings. The molecule has 13 heavy (non-hydrogen) atoms. The Bertz CT molecular complexity index is 329. The Balaban J connectivity index is 2.30. The van der Waals surface area contributed by atoms with E-state index in [1.165, 1.54) is 5.56 Å². The van der Waals surface area contributed by atoms with Crippen LogP contribution in [0.15, 0.2) is 39.5 Å². The molecule has 0 saturated heterocycles. The Morgan fingerprint density at radius 3 is 2.38 bits per heavy atom. The lowest BCUT2D eigenvalue weighted by Gasteiger charge is -2.09. The first-order valence-corrected chi connectivity index (χ1v) is 5.97. The van der Waals surface area contributed by atoms with Gasteiger partial charge in [0.15, 0.2) is 0 Å². The van der Waals surface area contributed by atoms with Crippen LogP contribution in [0.3, 0.4) is 0 Å². The average molecular weight is 226 g/mol. The van der Waals surface area contributed by atoms with E-state index >= 15 is 0 Å². The van der Waals surface area contributed by atoms with Crippen LogP contribution in [0.25, 0.3) is 0 Å². The molecule has 0 amide bonds. The van der Waals surface area contributed by atoms with E-state index < -0.39 is 0 Å². The molecule has 68 valence electrons. The second-order valence-electron chi connectivity index (χ2n) is 2.96. The Labute approximate surface area is 93.6 Å². The van der Waals surface area contributed by atoms with Gasteiger partial charge in [0.25, 0.3) is 0 Å². The van der Waals surface area contributed by atoms with Crippen LogP contribution in [0.4, 0.5) is 0 Å². The highest BCUT2D eigenvalue weighted by atomic mass is 32.2. The molecule has 0 aliphatic carbocycles. The van der Waals surface area contributed by atoms with Gasteiger partial charge in [-0.3, -0.25) is 0 Å². The molecule has 0 fully saturated rings. The van der Waals surface area contributed by atoms with Crippen molar-refractivity contribution in [3.05, 3.63) is 45.0 Å². The fourth-order valence-corrected chi connectivity index (χ4v) is 3.31. The number of allylic oxidation sites excluding steroid dienone is 1. The van der Waals surface area contributed by atoms with Gasteiger partial charge in [0.05, 0.1) is 0 Å². The molecule has 0 nitrogen and oxygen atoms in total. The number of hydrogen-bond acceptors (Lipinski definition) is 3. The fourth-order valence-electron chi connectivity index (χ4n) is 1.40. The van der Waals surface area contributed by atoms with Crippen molar-refractivity contribution in [1.29, 1.82) is 0 Å². The summed E-state index contributed by atoms with van der Waals surface area (Å²) in [6, 6.07) is 10.5. The molecule has 1 aromatic carbocycles. The molecular formula is C10H10S3. The predicted octanol–water partition coefficient (Wildman–Crippen LogP) is 3.55. The minimum atomic E-state index is 0.446. The van der Waals surface area contributed by atoms with Crippen molar-refractivity contribution in [3.8, 4) is 0 Å². The van der Waals surface area contributed by atoms with E-state index in [1.54, 1.807) is 11.8 Å². The third kappa shape index (κ3) is 1.92. The molecule has 1 aliphatic heterocycles. The maximum Gasteiger partial charge on any atom is 0.0470 e. The zero-order valence-electron chi connectivity index (χ0n) is 6.97. The molecule has 0 spiro atoms. The van der Waals surface area contributed by atoms with Crippen LogP contribution >= 0.6 is 37.0 Å². The SMILES string of the molecule is SC1=C(S)C(c2ccccc2)CS1. The summed E-state index contributed by atoms with van der Waals surface area (Å²) < 4.78 is 1.07. The summed E-state index contributed by atoms with van der Waals surface area (Å²) in [5.74, 6) is 1.52. The molecule has 0 radical (unpaired) electrons. The molecule has 0 saturated carbocycles. The van der Waals surface area contributed by atoms with Crippen molar-refractivity contribution in [2.75, 3.05) is 5.75 Å². The number of benzene rings is 1. The average Bonchev–Trinajstić information content (AvgIpc) is 2.49. The van der Waals surface area contributed by atoms with E-state index in [9.17, 15) is 0 Å². The lowest BCUT2D eigenvalue weighted by atomic mass is 10.0. The van der Waals surface area contributed by atoms with E-state index in [2.05, 4.69) is 49.5 Å². The largest absolute Gasteiger partial charge is 0.145 e. The van der Waals surface area contributed by atoms with Crippen LogP contribution in [0.5, 0.6) is 0 Å². The predicted molar refractivity (Wildman–Crippen MR) is 66.6 cm³/mol. The Morgan fingerprint density at radius 2 is 1.85 bits per heavy atom. The van der Waals surface area contributed by atoms with E-state index in [4.69, 9.17) is 0 Å². The zero-order chi connectivity index (χ0) is 9.26. The summed E-state index contributed by atoms with van der Waals surface area (Å²) in [4.78, 5) is 1.11. The van der Waals surface area contributed by atoms with Crippen molar-refractivity contribution in [1.82, 2.24) is 0 Å². The molecule has 0 N–H and O–H groups in total. The summed E-state index contributed by atoms with van der Waals surface area (Å²) in [7, 11) is 0. The van der Waals surface area contributed by atoms with Crippen LogP contribution in [0, 0.1) is 0 Å². The Morgan fingerprint density at radius 1 is 1.15 bits per heavy atom. The highest BCUT2D eigenvalue weighted by Crippen LogP contribution is 2.44. The number of rotatable bonds is 1. The van der Waals surface area contributed by atoms with Gasteiger partial charge < -0.3 is 0 Å². The van der Waals surface area contributed by atoms with Gasteiger partial charge in [-0.1, -0.05) is 30.3 Å². The molecule has 0 bridgehead atoms. The van der Waals surface area contributed by atoms with Gasteiger partial charge in [0.2, 0.25) is 0 Å². The van der Waals surface area contributed by atoms with Crippen molar-refractivity contribution >= 4 is 37.0 Å². The van der Waals surface area contributed by atoms with Gasteiger partial charge in [-0.2, -0.15) is 0 Å². The first-order chi connectivity index (χ1) is 6.29. The fraction of sp³-hybridized carbons (Fsp3) is 0.200. The lowest BCUT2D eigenvalue weighted by molar-refractivity contribution is 0.985. The summed E-state index contributed by atoms with van der Waals surface area (Å²) in [5.41, 5.74) is 1.34. The maximum atomic E-state index is 4.48. The second-order valence-corrected chi connectivity index (χ2v) is 5.23. The topological polar surface area (TPSA) is 0 Å². The summed E-state index contributed by atoms with van der Waals surface area (Å²) in [5, 5.41) is 0. The first kappa shape index (κ1) is 9.56. The molecule has 1 heterocycles. The van der Waals surface area contributed by atoms with Crippen LogP contribution in [-0.2, 0) is 0 Å². The minimum absolute atomic E-state index is 0.446. The lowest BCUT2D eigenvalue weighted by Crippen LogP contribution is -1.96. The van der Waals surface area contributed by atoms with E-state index in [-0.39, 0.29) is 0 Å². The Hall–Kier alpha value is 0.01000. The summed E-state index contributed by atoms with van der Waals surface area (Å²) in [6.45, 7) is 0. The van der Waals surface area contributed by atoms with Gasteiger partial charge in [-0.05, 0) is 5.56 Å². The van der Waals surface area contributed by atoms with Gasteiger partial charge in [-0.15, -0.1) is 37.0 Å². The normalized spacial score (nSPS) is 22.5. The van der Waals surface area contributed by atoms with E-state index in [0.29, 0.717) is 5.92 Å². The molecule has 1 atom stereocenters. The highest BCUT2D eigenvalue weighted by molar-refractivity contribution is 8.16. The molecule has 0 aromatic heterocycles. The maximum absolute atomic E-state index is 4.48. The zero-order valence-corrected chi connectivity index (χ0v) is 9.58. The molecule has 1 aliphatic rings. The number of hydrogen-bond donors (Lipinski definition) is 2. The van der Waals surface area contributed by atoms with E-state index in [0.717, 1.165) is 14.9 Å². The van der Waals surface area contributed by atoms with Gasteiger partial charge in [0, 0.05) is 20.8 Å². The molecule has 2 rings (SSSR count). The molecule has 3 heteroatoms. The summed E-state index contributed by atoms with van der Waals surface area (Å²) in [6.07, 6.45) is 0. The highest BCUT2D eigenvalue weighted by Gasteiger charge is 2.23. The van der Waals surface area contributed by atoms with Crippen molar-refractivity contribution < 1.29 is 0 Å². The third-order valence-corrected chi connectivity index (χ3v) is 4.62. The standard InChI is InChI=1S/C10H10S3/c11-9-8(6-13-10(9)12)7-4-2-1-3-5-7/h1-5,8,11-12H,6H2. The van der Waals surface area contributed by atoms with Crippen LogP contribution < -0.4 is 0 Å². The van der Waals surface area contributed by atoms with Crippen molar-refractivity contribution in [2.24, 2.45) is 0 Å². The van der Waals surface area contributed by atoms with Gasteiger partial charge >= 0.3 is 0 Å². The van der Waals surface area contributed by atoms with Crippen molar-refractivity contribution in [3.63, 3.8) is 0 Å². The second kappa shape index (κ2) is 4.03. The molecule has 1 unspecified atom stereocenters. The number of thiol groups is 2. The van der Waals surface area contributed by atoms with E-state index in [1.807, 2.05) is 6.07 Å². The smallest absolute Gasteiger partial charge is 0.0470 e. The monoisotopic (exact) mass is 226 g/mol. The van der Waals surface area contributed by atoms with Gasteiger partial charge in [-0.25, -0.2) is 0 Å². The third-order valence-electron chi connectivity index (χ3n) is 2.14. The quantitative estimate of drug-likeness (QED) is 0.691. The molecular weight excluding hydrogens is 216 g/mol. The summed E-state index contributed by atoms with van der Waals surface area (Å²) >= 11 is 10.6. The van der Waals surface area contributed by atoms with Crippen LogP contribution in [0.1, 0.15) is 11.5 Å². The van der Waals surface area contributed by atoms with Crippen LogP contribution in [-0.4, -0.2) is 5.75 Å². The number of thioether (sulfide) groups is 1. The van der Waals surface area contributed by atoms with Gasteiger partial charge in [0.1, 0.15) is 0 Å². The Kier molecular flexibility index (Phi) is 2.96. The van der Waals surface area contributed by atoms with Crippen LogP contribution in [0.2, 0.25) is 0 Å². The first-order valence-electron chi connectivity index (χ1n) is 4.09. The minimum Gasteiger partial charge on any atom is -0.145 e. The van der Waals surface area contributed by atoms with Crippen molar-refractivity contribution in [2.45, 2.75) is 5.92 Å².